The highest BCUT2D eigenvalue weighted by Gasteiger charge is 2.45. The van der Waals surface area contributed by atoms with Crippen molar-refractivity contribution in [1.82, 2.24) is 10.6 Å². The predicted octanol–water partition coefficient (Wildman–Crippen LogP) is 1.76. The van der Waals surface area contributed by atoms with Crippen LogP contribution in [0.5, 0.6) is 0 Å². The molecule has 0 radical (unpaired) electrons. The molecule has 0 aromatic rings. The molecule has 8 heteroatoms. The van der Waals surface area contributed by atoms with Crippen molar-refractivity contribution in [3.05, 3.63) is 11.4 Å². The molecule has 0 saturated carbocycles. The number of nitrogens with one attached hydrogen (secondary N) is 2. The van der Waals surface area contributed by atoms with Crippen LogP contribution in [0.4, 0.5) is 26.3 Å². The Balaban J connectivity index is 5.36. The van der Waals surface area contributed by atoms with Gasteiger partial charge in [-0.05, 0) is 0 Å². The quantitative estimate of drug-likeness (QED) is 0.695. The summed E-state index contributed by atoms with van der Waals surface area (Å²) in [7, 11) is 1.54. The molecule has 0 rings (SSSR count). The molecule has 0 spiro atoms. The highest BCUT2D eigenvalue weighted by Crippen LogP contribution is 2.32. The van der Waals surface area contributed by atoms with Gasteiger partial charge in [0, 0.05) is 14.1 Å². The summed E-state index contributed by atoms with van der Waals surface area (Å²) in [6.07, 6.45) is -10.1. The maximum Gasteiger partial charge on any atom is 0.432 e. The molecule has 0 unspecified atom stereocenters. The third-order valence-corrected chi connectivity index (χ3v) is 1.32. The molecule has 0 heterocycles. The molecule has 0 aromatic heterocycles. The van der Waals surface area contributed by atoms with Crippen molar-refractivity contribution >= 4 is 0 Å². The van der Waals surface area contributed by atoms with Crippen LogP contribution in [0.1, 0.15) is 0 Å². The Kier molecular flexibility index (Phi) is 3.66. The molecule has 0 fully saturated rings. The van der Waals surface area contributed by atoms with Crippen molar-refractivity contribution in [3.63, 3.8) is 0 Å². The van der Waals surface area contributed by atoms with Crippen molar-refractivity contribution in [2.45, 2.75) is 12.4 Å². The van der Waals surface area contributed by atoms with Crippen LogP contribution in [0.15, 0.2) is 11.4 Å². The zero-order valence-corrected chi connectivity index (χ0v) is 7.27. The van der Waals surface area contributed by atoms with Crippen molar-refractivity contribution in [2.75, 3.05) is 14.1 Å². The van der Waals surface area contributed by atoms with Gasteiger partial charge >= 0.3 is 12.4 Å². The lowest BCUT2D eigenvalue weighted by molar-refractivity contribution is -0.121. The van der Waals surface area contributed by atoms with E-state index in [0.717, 1.165) is 14.1 Å². The van der Waals surface area contributed by atoms with Gasteiger partial charge in [-0.3, -0.25) is 0 Å². The minimum atomic E-state index is -5.07. The second kappa shape index (κ2) is 3.97. The summed E-state index contributed by atoms with van der Waals surface area (Å²) in [4.78, 5) is 0. The van der Waals surface area contributed by atoms with Crippen LogP contribution >= 0.6 is 0 Å². The van der Waals surface area contributed by atoms with Gasteiger partial charge in [0.15, 0.2) is 0 Å². The second-order valence-electron chi connectivity index (χ2n) is 2.25. The number of allylic oxidation sites excluding steroid dienone is 2. The summed E-state index contributed by atoms with van der Waals surface area (Å²) >= 11 is 0. The van der Waals surface area contributed by atoms with Crippen LogP contribution in [0.25, 0.3) is 0 Å². The van der Waals surface area contributed by atoms with Gasteiger partial charge in [0.25, 0.3) is 0 Å². The monoisotopic (exact) mass is 222 g/mol. The first-order valence-corrected chi connectivity index (χ1v) is 3.38. The topological polar surface area (TPSA) is 24.1 Å². The normalized spacial score (nSPS) is 14.9. The summed E-state index contributed by atoms with van der Waals surface area (Å²) in [6, 6.07) is 0. The Morgan fingerprint density at radius 1 is 0.714 bits per heavy atom. The fourth-order valence-electron chi connectivity index (χ4n) is 0.817. The molecule has 2 nitrogen and oxygen atoms in total. The van der Waals surface area contributed by atoms with Gasteiger partial charge in [0.2, 0.25) is 0 Å². The van der Waals surface area contributed by atoms with E-state index in [4.69, 9.17) is 0 Å². The minimum Gasteiger partial charge on any atom is -0.382 e. The number of hydrogen-bond acceptors (Lipinski definition) is 2. The first-order chi connectivity index (χ1) is 6.14. The lowest BCUT2D eigenvalue weighted by atomic mass is 10.3. The van der Waals surface area contributed by atoms with Crippen LogP contribution in [-0.4, -0.2) is 26.4 Å². The fraction of sp³-hybridized carbons (Fsp3) is 0.667. The summed E-state index contributed by atoms with van der Waals surface area (Å²) in [5, 5.41) is 2.94. The number of alkyl halides is 6. The zero-order chi connectivity index (χ0) is 11.6. The summed E-state index contributed by atoms with van der Waals surface area (Å²) < 4.78 is 72.2. The lowest BCUT2D eigenvalue weighted by Gasteiger charge is -2.18. The van der Waals surface area contributed by atoms with Crippen molar-refractivity contribution in [2.24, 2.45) is 0 Å². The smallest absolute Gasteiger partial charge is 0.382 e. The van der Waals surface area contributed by atoms with Crippen LogP contribution in [0, 0.1) is 0 Å². The number of hydrogen-bond donors (Lipinski definition) is 2. The Labute approximate surface area is 76.0 Å². The average molecular weight is 222 g/mol. The van der Waals surface area contributed by atoms with Crippen molar-refractivity contribution in [3.8, 4) is 0 Å². The molecule has 0 aliphatic heterocycles. The van der Waals surface area contributed by atoms with E-state index < -0.39 is 23.7 Å². The van der Waals surface area contributed by atoms with Gasteiger partial charge < -0.3 is 10.6 Å². The van der Waals surface area contributed by atoms with Gasteiger partial charge in [-0.25, -0.2) is 0 Å². The second-order valence-corrected chi connectivity index (χ2v) is 2.25. The molecule has 2 N–H and O–H groups in total. The average Bonchev–Trinajstić information content (AvgIpc) is 1.94. The van der Waals surface area contributed by atoms with Gasteiger partial charge in [0.05, 0.1) is 0 Å². The van der Waals surface area contributed by atoms with E-state index in [1.54, 1.807) is 0 Å². The van der Waals surface area contributed by atoms with Crippen molar-refractivity contribution in [1.29, 1.82) is 0 Å². The van der Waals surface area contributed by atoms with E-state index in [1.165, 1.54) is 10.6 Å². The van der Waals surface area contributed by atoms with Crippen LogP contribution in [-0.2, 0) is 0 Å². The van der Waals surface area contributed by atoms with Crippen LogP contribution in [0.3, 0.4) is 0 Å². The summed E-state index contributed by atoms with van der Waals surface area (Å²) in [6.45, 7) is 0. The first kappa shape index (κ1) is 12.9. The van der Waals surface area contributed by atoms with Gasteiger partial charge in [-0.15, -0.1) is 0 Å². The molecule has 0 aliphatic rings. The highest BCUT2D eigenvalue weighted by atomic mass is 19.4. The van der Waals surface area contributed by atoms with Crippen molar-refractivity contribution < 1.29 is 26.3 Å². The molecular weight excluding hydrogens is 214 g/mol. The third-order valence-electron chi connectivity index (χ3n) is 1.32. The molecule has 0 bridgehead atoms. The van der Waals surface area contributed by atoms with Gasteiger partial charge in [-0.1, -0.05) is 0 Å². The first-order valence-electron chi connectivity index (χ1n) is 3.38. The molecule has 14 heavy (non-hydrogen) atoms. The molecule has 0 aliphatic carbocycles. The van der Waals surface area contributed by atoms with Crippen LogP contribution < -0.4 is 10.6 Å². The van der Waals surface area contributed by atoms with Gasteiger partial charge in [-0.2, -0.15) is 26.3 Å². The molecule has 0 aromatic carbocycles. The third kappa shape index (κ3) is 3.00. The van der Waals surface area contributed by atoms with E-state index in [1.807, 2.05) is 0 Å². The Morgan fingerprint density at radius 3 is 1.00 bits per heavy atom. The van der Waals surface area contributed by atoms with E-state index in [-0.39, 0.29) is 0 Å². The summed E-state index contributed by atoms with van der Waals surface area (Å²) in [5.41, 5.74) is -3.68. The number of halogens is 6. The maximum atomic E-state index is 12.0. The standard InChI is InChI=1S/C6H8F6N2/c1-13-3(5(7,8)9)4(14-2)6(10,11)12/h13-14H,1-2H3/b4-3-. The van der Waals surface area contributed by atoms with E-state index in [2.05, 4.69) is 0 Å². The van der Waals surface area contributed by atoms with Crippen LogP contribution in [0.2, 0.25) is 0 Å². The maximum absolute atomic E-state index is 12.0. The molecular formula is C6H8F6N2. The van der Waals surface area contributed by atoms with Gasteiger partial charge in [0.1, 0.15) is 11.4 Å². The van der Waals surface area contributed by atoms with E-state index >= 15 is 0 Å². The zero-order valence-electron chi connectivity index (χ0n) is 7.27. The predicted molar refractivity (Wildman–Crippen MR) is 37.3 cm³/mol. The number of rotatable bonds is 2. The molecule has 0 saturated heterocycles. The fourth-order valence-corrected chi connectivity index (χ4v) is 0.817. The molecule has 84 valence electrons. The minimum absolute atomic E-state index is 0.770. The van der Waals surface area contributed by atoms with E-state index in [0.29, 0.717) is 0 Å². The largest absolute Gasteiger partial charge is 0.432 e. The summed E-state index contributed by atoms with van der Waals surface area (Å²) in [5.74, 6) is 0. The van der Waals surface area contributed by atoms with E-state index in [9.17, 15) is 26.3 Å². The Morgan fingerprint density at radius 2 is 0.929 bits per heavy atom. The molecule has 0 atom stereocenters. The molecule has 0 amide bonds. The SMILES string of the molecule is CN/C(=C(\NC)C(F)(F)F)C(F)(F)F. The highest BCUT2D eigenvalue weighted by molar-refractivity contribution is 5.19. The Bertz CT molecular complexity index is 201. The lowest BCUT2D eigenvalue weighted by Crippen LogP contribution is -2.35. The Hall–Kier alpha value is -1.08.